The monoisotopic (exact) mass is 305 g/mol. The van der Waals surface area contributed by atoms with Gasteiger partial charge < -0.3 is 10.5 Å². The number of aryl methyl sites for hydroxylation is 1. The molecule has 2 rings (SSSR count). The lowest BCUT2D eigenvalue weighted by Gasteiger charge is -2.13. The molecule has 0 aliphatic carbocycles. The van der Waals surface area contributed by atoms with Gasteiger partial charge in [0.15, 0.2) is 9.84 Å². The summed E-state index contributed by atoms with van der Waals surface area (Å²) in [6, 6.07) is 13.4. The highest BCUT2D eigenvalue weighted by Crippen LogP contribution is 2.21. The van der Waals surface area contributed by atoms with Crippen LogP contribution in [0.2, 0.25) is 0 Å². The first-order valence-corrected chi connectivity index (χ1v) is 8.26. The van der Waals surface area contributed by atoms with Crippen molar-refractivity contribution in [2.45, 2.75) is 17.9 Å². The number of methoxy groups -OCH3 is 1. The van der Waals surface area contributed by atoms with Crippen LogP contribution in [0.15, 0.2) is 53.4 Å². The summed E-state index contributed by atoms with van der Waals surface area (Å²) < 4.78 is 29.8. The number of hydrogen-bond donors (Lipinski definition) is 1. The van der Waals surface area contributed by atoms with Crippen LogP contribution in [0.1, 0.15) is 17.2 Å². The van der Waals surface area contributed by atoms with Crippen LogP contribution in [0, 0.1) is 6.92 Å². The number of rotatable bonds is 5. The molecule has 2 aromatic carbocycles. The Balaban J connectivity index is 2.19. The SMILES string of the molecule is COc1ccc(C(N)CS(=O)(=O)c2cccc(C)c2)cc1. The highest BCUT2D eigenvalue weighted by atomic mass is 32.2. The third-order valence-electron chi connectivity index (χ3n) is 3.29. The molecule has 0 aliphatic rings. The average Bonchev–Trinajstić information content (AvgIpc) is 2.47. The minimum absolute atomic E-state index is 0.122. The maximum absolute atomic E-state index is 12.4. The van der Waals surface area contributed by atoms with E-state index in [1.165, 1.54) is 0 Å². The molecule has 1 atom stereocenters. The molecule has 0 aliphatic heterocycles. The fourth-order valence-electron chi connectivity index (χ4n) is 2.09. The second-order valence-corrected chi connectivity index (χ2v) is 7.01. The topological polar surface area (TPSA) is 69.4 Å². The Bertz CT molecular complexity index is 709. The van der Waals surface area contributed by atoms with Crippen molar-refractivity contribution in [2.75, 3.05) is 12.9 Å². The van der Waals surface area contributed by atoms with E-state index >= 15 is 0 Å². The Morgan fingerprint density at radius 2 is 1.81 bits per heavy atom. The third-order valence-corrected chi connectivity index (χ3v) is 5.06. The molecule has 0 saturated heterocycles. The van der Waals surface area contributed by atoms with Gasteiger partial charge in [0.25, 0.3) is 0 Å². The van der Waals surface area contributed by atoms with Gasteiger partial charge >= 0.3 is 0 Å². The van der Waals surface area contributed by atoms with Crippen molar-refractivity contribution in [3.63, 3.8) is 0 Å². The lowest BCUT2D eigenvalue weighted by atomic mass is 10.1. The molecular formula is C16H19NO3S. The van der Waals surface area contributed by atoms with Crippen molar-refractivity contribution in [2.24, 2.45) is 5.73 Å². The zero-order valence-corrected chi connectivity index (χ0v) is 12.9. The normalized spacial score (nSPS) is 12.9. The minimum atomic E-state index is -3.40. The van der Waals surface area contributed by atoms with Gasteiger partial charge in [0.05, 0.1) is 17.8 Å². The van der Waals surface area contributed by atoms with E-state index in [2.05, 4.69) is 0 Å². The smallest absolute Gasteiger partial charge is 0.180 e. The molecule has 112 valence electrons. The van der Waals surface area contributed by atoms with Crippen molar-refractivity contribution in [1.82, 2.24) is 0 Å². The summed E-state index contributed by atoms with van der Waals surface area (Å²) in [4.78, 5) is 0.312. The van der Waals surface area contributed by atoms with Gasteiger partial charge in [-0.1, -0.05) is 24.3 Å². The van der Waals surface area contributed by atoms with Gasteiger partial charge in [0.2, 0.25) is 0 Å². The number of ether oxygens (including phenoxy) is 1. The van der Waals surface area contributed by atoms with Crippen LogP contribution >= 0.6 is 0 Å². The molecule has 0 saturated carbocycles. The van der Waals surface area contributed by atoms with E-state index in [-0.39, 0.29) is 5.75 Å². The molecule has 4 nitrogen and oxygen atoms in total. The van der Waals surface area contributed by atoms with E-state index < -0.39 is 15.9 Å². The highest BCUT2D eigenvalue weighted by molar-refractivity contribution is 7.91. The molecule has 5 heteroatoms. The van der Waals surface area contributed by atoms with Gasteiger partial charge in [-0.25, -0.2) is 8.42 Å². The highest BCUT2D eigenvalue weighted by Gasteiger charge is 2.20. The summed E-state index contributed by atoms with van der Waals surface area (Å²) in [5.41, 5.74) is 7.71. The zero-order chi connectivity index (χ0) is 15.5. The molecule has 2 N–H and O–H groups in total. The summed E-state index contributed by atoms with van der Waals surface area (Å²) in [5, 5.41) is 0. The van der Waals surface area contributed by atoms with Gasteiger partial charge in [0.1, 0.15) is 5.75 Å². The molecule has 21 heavy (non-hydrogen) atoms. The molecule has 1 unspecified atom stereocenters. The molecule has 0 aromatic heterocycles. The van der Waals surface area contributed by atoms with Crippen molar-refractivity contribution in [3.05, 3.63) is 59.7 Å². The number of benzene rings is 2. The summed E-state index contributed by atoms with van der Waals surface area (Å²) >= 11 is 0. The van der Waals surface area contributed by atoms with Gasteiger partial charge in [-0.05, 0) is 42.3 Å². The number of hydrogen-bond acceptors (Lipinski definition) is 4. The molecule has 0 spiro atoms. The van der Waals surface area contributed by atoms with E-state index in [9.17, 15) is 8.42 Å². The van der Waals surface area contributed by atoms with Gasteiger partial charge in [-0.3, -0.25) is 0 Å². The van der Waals surface area contributed by atoms with Gasteiger partial charge in [-0.15, -0.1) is 0 Å². The maximum atomic E-state index is 12.4. The predicted molar refractivity (Wildman–Crippen MR) is 83.2 cm³/mol. The Kier molecular flexibility index (Phi) is 4.65. The van der Waals surface area contributed by atoms with E-state index in [0.29, 0.717) is 10.6 Å². The van der Waals surface area contributed by atoms with Crippen LogP contribution in [0.5, 0.6) is 5.75 Å². The van der Waals surface area contributed by atoms with E-state index in [1.54, 1.807) is 49.6 Å². The Morgan fingerprint density at radius 1 is 1.14 bits per heavy atom. The van der Waals surface area contributed by atoms with Crippen molar-refractivity contribution in [3.8, 4) is 5.75 Å². The first kappa shape index (κ1) is 15.5. The van der Waals surface area contributed by atoms with Gasteiger partial charge in [0, 0.05) is 6.04 Å². The van der Waals surface area contributed by atoms with E-state index in [0.717, 1.165) is 11.1 Å². The van der Waals surface area contributed by atoms with E-state index in [1.807, 2.05) is 13.0 Å². The quantitative estimate of drug-likeness (QED) is 0.921. The third kappa shape index (κ3) is 3.83. The summed E-state index contributed by atoms with van der Waals surface area (Å²) in [6.07, 6.45) is 0. The lowest BCUT2D eigenvalue weighted by Crippen LogP contribution is -2.21. The largest absolute Gasteiger partial charge is 0.497 e. The minimum Gasteiger partial charge on any atom is -0.497 e. The fourth-order valence-corrected chi connectivity index (χ4v) is 3.60. The van der Waals surface area contributed by atoms with Crippen LogP contribution in [-0.2, 0) is 9.84 Å². The second kappa shape index (κ2) is 6.28. The lowest BCUT2D eigenvalue weighted by molar-refractivity contribution is 0.414. The maximum Gasteiger partial charge on any atom is 0.180 e. The first-order chi connectivity index (χ1) is 9.92. The Hall–Kier alpha value is -1.85. The molecule has 2 aromatic rings. The summed E-state index contributed by atoms with van der Waals surface area (Å²) in [6.45, 7) is 1.86. The Labute approximate surface area is 125 Å². The standard InChI is InChI=1S/C16H19NO3S/c1-12-4-3-5-15(10-12)21(18,19)11-16(17)13-6-8-14(20-2)9-7-13/h3-10,16H,11,17H2,1-2H3. The van der Waals surface area contributed by atoms with Crippen LogP contribution in [0.3, 0.4) is 0 Å². The number of sulfone groups is 1. The van der Waals surface area contributed by atoms with Crippen LogP contribution < -0.4 is 10.5 Å². The molecule has 0 bridgehead atoms. The van der Waals surface area contributed by atoms with Crippen LogP contribution in [-0.4, -0.2) is 21.3 Å². The summed E-state index contributed by atoms with van der Waals surface area (Å²) in [7, 11) is -1.82. The molecule has 0 amide bonds. The number of nitrogens with two attached hydrogens (primary N) is 1. The van der Waals surface area contributed by atoms with Gasteiger partial charge in [-0.2, -0.15) is 0 Å². The first-order valence-electron chi connectivity index (χ1n) is 6.61. The second-order valence-electron chi connectivity index (χ2n) is 4.98. The van der Waals surface area contributed by atoms with Crippen molar-refractivity contribution in [1.29, 1.82) is 0 Å². The average molecular weight is 305 g/mol. The molecular weight excluding hydrogens is 286 g/mol. The van der Waals surface area contributed by atoms with E-state index in [4.69, 9.17) is 10.5 Å². The molecule has 0 heterocycles. The fraction of sp³-hybridized carbons (Fsp3) is 0.250. The Morgan fingerprint density at radius 3 is 2.38 bits per heavy atom. The van der Waals surface area contributed by atoms with Crippen LogP contribution in [0.25, 0.3) is 0 Å². The van der Waals surface area contributed by atoms with Crippen molar-refractivity contribution >= 4 is 9.84 Å². The molecule has 0 radical (unpaired) electrons. The van der Waals surface area contributed by atoms with Crippen LogP contribution in [0.4, 0.5) is 0 Å². The summed E-state index contributed by atoms with van der Waals surface area (Å²) in [5.74, 6) is 0.593. The molecule has 0 fully saturated rings. The predicted octanol–water partition coefficient (Wildman–Crippen LogP) is 2.48. The zero-order valence-electron chi connectivity index (χ0n) is 12.1. The van der Waals surface area contributed by atoms with Crippen molar-refractivity contribution < 1.29 is 13.2 Å².